The maximum absolute atomic E-state index is 12.1. The van der Waals surface area contributed by atoms with Crippen molar-refractivity contribution in [2.45, 2.75) is 57.4 Å². The molecule has 1 aliphatic heterocycles. The summed E-state index contributed by atoms with van der Waals surface area (Å²) in [7, 11) is 3.60. The zero-order valence-corrected chi connectivity index (χ0v) is 17.4. The van der Waals surface area contributed by atoms with Crippen LogP contribution in [0.15, 0.2) is 29.3 Å². The zero-order chi connectivity index (χ0) is 19.6. The smallest absolute Gasteiger partial charge is 0.243 e. The van der Waals surface area contributed by atoms with Crippen LogP contribution in [-0.4, -0.2) is 61.4 Å². The Kier molecular flexibility index (Phi) is 5.61. The van der Waals surface area contributed by atoms with Gasteiger partial charge >= 0.3 is 0 Å². The number of carbonyl (C=O) groups is 1. The van der Waals surface area contributed by atoms with E-state index in [0.29, 0.717) is 11.5 Å². The molecule has 1 saturated heterocycles. The predicted molar refractivity (Wildman–Crippen MR) is 113 cm³/mol. The van der Waals surface area contributed by atoms with Crippen LogP contribution in [0.1, 0.15) is 49.7 Å². The molecule has 1 amide bonds. The van der Waals surface area contributed by atoms with Crippen molar-refractivity contribution in [2.24, 2.45) is 10.4 Å². The first-order valence-electron chi connectivity index (χ1n) is 10.9. The molecule has 3 aliphatic rings. The van der Waals surface area contributed by atoms with E-state index in [1.807, 2.05) is 0 Å². The fraction of sp³-hybridized carbons (Fsp3) is 0.652. The number of hydrogen-bond acceptors (Lipinski definition) is 2. The molecule has 2 aliphatic carbocycles. The summed E-state index contributed by atoms with van der Waals surface area (Å²) in [6.45, 7) is 2.38. The van der Waals surface area contributed by atoms with Crippen molar-refractivity contribution in [1.82, 2.24) is 15.1 Å². The highest BCUT2D eigenvalue weighted by Crippen LogP contribution is 2.45. The van der Waals surface area contributed by atoms with E-state index in [1.54, 1.807) is 19.0 Å². The summed E-state index contributed by atoms with van der Waals surface area (Å²) in [4.78, 5) is 21.0. The summed E-state index contributed by atoms with van der Waals surface area (Å²) in [6.07, 6.45) is 9.98. The van der Waals surface area contributed by atoms with Crippen LogP contribution < -0.4 is 5.32 Å². The molecular weight excluding hydrogens is 348 g/mol. The molecule has 1 aromatic rings. The van der Waals surface area contributed by atoms with Crippen LogP contribution in [0.3, 0.4) is 0 Å². The summed E-state index contributed by atoms with van der Waals surface area (Å²) >= 11 is 0. The molecular formula is C23H34N4O. The van der Waals surface area contributed by atoms with E-state index in [9.17, 15) is 4.79 Å². The Morgan fingerprint density at radius 3 is 2.71 bits per heavy atom. The molecule has 2 fully saturated rings. The number of fused-ring (bicyclic) bond motifs is 1. The van der Waals surface area contributed by atoms with Crippen molar-refractivity contribution in [3.05, 3.63) is 35.4 Å². The fourth-order valence-electron chi connectivity index (χ4n) is 5.17. The van der Waals surface area contributed by atoms with Gasteiger partial charge in [-0.1, -0.05) is 37.1 Å². The second-order valence-electron chi connectivity index (χ2n) is 9.16. The van der Waals surface area contributed by atoms with Gasteiger partial charge in [-0.2, -0.15) is 0 Å². The van der Waals surface area contributed by atoms with E-state index in [0.717, 1.165) is 38.3 Å². The second-order valence-corrected chi connectivity index (χ2v) is 9.16. The Balaban J connectivity index is 1.47. The first kappa shape index (κ1) is 19.3. The quantitative estimate of drug-likeness (QED) is 0.646. The van der Waals surface area contributed by atoms with Gasteiger partial charge in [-0.15, -0.1) is 0 Å². The number of guanidine groups is 1. The van der Waals surface area contributed by atoms with Gasteiger partial charge in [0, 0.05) is 33.2 Å². The minimum Gasteiger partial charge on any atom is -0.353 e. The van der Waals surface area contributed by atoms with Gasteiger partial charge in [0.25, 0.3) is 0 Å². The van der Waals surface area contributed by atoms with Crippen molar-refractivity contribution in [2.75, 3.05) is 33.7 Å². The molecule has 1 atom stereocenters. The molecule has 4 rings (SSSR count). The number of nitrogens with one attached hydrogen (secondary N) is 1. The van der Waals surface area contributed by atoms with Crippen molar-refractivity contribution >= 4 is 11.9 Å². The monoisotopic (exact) mass is 382 g/mol. The molecule has 0 aromatic heterocycles. The number of benzene rings is 1. The van der Waals surface area contributed by atoms with Crippen molar-refractivity contribution < 1.29 is 4.79 Å². The van der Waals surface area contributed by atoms with Crippen molar-refractivity contribution in [1.29, 1.82) is 0 Å². The normalized spacial score (nSPS) is 23.7. The topological polar surface area (TPSA) is 47.9 Å². The van der Waals surface area contributed by atoms with Gasteiger partial charge in [0.05, 0.1) is 0 Å². The number of carbonyl (C=O) groups excluding carboxylic acids is 1. The van der Waals surface area contributed by atoms with E-state index in [2.05, 4.69) is 34.5 Å². The molecule has 1 saturated carbocycles. The fourth-order valence-corrected chi connectivity index (χ4v) is 5.17. The molecule has 28 heavy (non-hydrogen) atoms. The molecule has 1 unspecified atom stereocenters. The summed E-state index contributed by atoms with van der Waals surface area (Å²) in [5.41, 5.74) is 3.42. The molecule has 1 heterocycles. The van der Waals surface area contributed by atoms with Gasteiger partial charge in [-0.05, 0) is 55.1 Å². The van der Waals surface area contributed by atoms with Crippen LogP contribution in [0.5, 0.6) is 0 Å². The molecule has 5 nitrogen and oxygen atoms in total. The Labute approximate surface area is 169 Å². The standard InChI is InChI=1S/C23H34N4O/c1-26(2)21(28)16-24-22(27-14-13-23(17-27)11-5-6-12-23)25-20-10-9-18-7-3-4-8-19(18)15-20/h3-4,7-8,20H,5-6,9-17H2,1-2H3,(H,24,25). The van der Waals surface area contributed by atoms with Gasteiger partial charge in [0.2, 0.25) is 5.91 Å². The van der Waals surface area contributed by atoms with Gasteiger partial charge in [-0.25, -0.2) is 4.99 Å². The number of amides is 1. The molecule has 5 heteroatoms. The maximum atomic E-state index is 12.1. The minimum absolute atomic E-state index is 0.0584. The van der Waals surface area contributed by atoms with E-state index >= 15 is 0 Å². The predicted octanol–water partition coefficient (Wildman–Crippen LogP) is 2.84. The first-order valence-corrected chi connectivity index (χ1v) is 10.9. The number of aliphatic imine (C=N–C) groups is 1. The second kappa shape index (κ2) is 8.14. The van der Waals surface area contributed by atoms with Gasteiger partial charge < -0.3 is 15.1 Å². The lowest BCUT2D eigenvalue weighted by Gasteiger charge is -2.31. The lowest BCUT2D eigenvalue weighted by atomic mass is 9.86. The van der Waals surface area contributed by atoms with Crippen molar-refractivity contribution in [3.63, 3.8) is 0 Å². The van der Waals surface area contributed by atoms with Gasteiger partial charge in [0.15, 0.2) is 5.96 Å². The summed E-state index contributed by atoms with van der Waals surface area (Å²) in [6, 6.07) is 9.16. The Bertz CT molecular complexity index is 736. The zero-order valence-electron chi connectivity index (χ0n) is 17.4. The Morgan fingerprint density at radius 1 is 1.21 bits per heavy atom. The number of hydrogen-bond donors (Lipinski definition) is 1. The molecule has 1 N–H and O–H groups in total. The highest BCUT2D eigenvalue weighted by atomic mass is 16.2. The summed E-state index contributed by atoms with van der Waals surface area (Å²) < 4.78 is 0. The summed E-state index contributed by atoms with van der Waals surface area (Å²) in [5, 5.41) is 3.74. The third kappa shape index (κ3) is 4.18. The van der Waals surface area contributed by atoms with E-state index in [4.69, 9.17) is 4.99 Å². The molecule has 0 bridgehead atoms. The van der Waals surface area contributed by atoms with Gasteiger partial charge in [-0.3, -0.25) is 4.79 Å². The van der Waals surface area contributed by atoms with Crippen LogP contribution >= 0.6 is 0 Å². The molecule has 152 valence electrons. The average molecular weight is 383 g/mol. The van der Waals surface area contributed by atoms with Crippen LogP contribution in [0.25, 0.3) is 0 Å². The summed E-state index contributed by atoms with van der Waals surface area (Å²) in [5.74, 6) is 1.01. The van der Waals surface area contributed by atoms with Crippen LogP contribution in [0.4, 0.5) is 0 Å². The molecule has 0 radical (unpaired) electrons. The maximum Gasteiger partial charge on any atom is 0.243 e. The molecule has 1 aromatic carbocycles. The van der Waals surface area contributed by atoms with E-state index in [1.165, 1.54) is 43.2 Å². The highest BCUT2D eigenvalue weighted by molar-refractivity contribution is 5.85. The van der Waals surface area contributed by atoms with E-state index < -0.39 is 0 Å². The Hall–Kier alpha value is -2.04. The van der Waals surface area contributed by atoms with Gasteiger partial charge in [0.1, 0.15) is 6.54 Å². The lowest BCUT2D eigenvalue weighted by Crippen LogP contribution is -2.48. The van der Waals surface area contributed by atoms with Crippen LogP contribution in [0.2, 0.25) is 0 Å². The third-order valence-corrected chi connectivity index (χ3v) is 6.95. The third-order valence-electron chi connectivity index (χ3n) is 6.95. The molecule has 1 spiro atoms. The van der Waals surface area contributed by atoms with Crippen LogP contribution in [-0.2, 0) is 17.6 Å². The number of likely N-dealkylation sites (tertiary alicyclic amines) is 1. The average Bonchev–Trinajstić information content (AvgIpc) is 3.34. The number of aryl methyl sites for hydroxylation is 1. The van der Waals surface area contributed by atoms with E-state index in [-0.39, 0.29) is 12.5 Å². The Morgan fingerprint density at radius 2 is 1.96 bits per heavy atom. The number of likely N-dealkylation sites (N-methyl/N-ethyl adjacent to an activating group) is 1. The SMILES string of the molecule is CN(C)C(=O)CN=C(NC1CCc2ccccc2C1)N1CCC2(CCCC2)C1. The van der Waals surface area contributed by atoms with Crippen LogP contribution in [0, 0.1) is 5.41 Å². The number of rotatable bonds is 3. The first-order chi connectivity index (χ1) is 13.5. The minimum atomic E-state index is 0.0584. The number of nitrogens with zero attached hydrogens (tertiary/aromatic N) is 3. The highest BCUT2D eigenvalue weighted by Gasteiger charge is 2.41. The lowest BCUT2D eigenvalue weighted by molar-refractivity contribution is -0.127. The largest absolute Gasteiger partial charge is 0.353 e. The van der Waals surface area contributed by atoms with Crippen molar-refractivity contribution in [3.8, 4) is 0 Å².